The van der Waals surface area contributed by atoms with E-state index >= 15 is 0 Å². The number of amides is 1. The van der Waals surface area contributed by atoms with Crippen molar-refractivity contribution < 1.29 is 19.4 Å². The van der Waals surface area contributed by atoms with Crippen molar-refractivity contribution in [2.24, 2.45) is 5.92 Å². The minimum absolute atomic E-state index is 0.00681. The lowest BCUT2D eigenvalue weighted by molar-refractivity contribution is -0.143. The lowest BCUT2D eigenvalue weighted by Gasteiger charge is -2.30. The van der Waals surface area contributed by atoms with Crippen LogP contribution in [0.2, 0.25) is 0 Å². The maximum absolute atomic E-state index is 11.6. The molecule has 1 aliphatic rings. The van der Waals surface area contributed by atoms with Crippen LogP contribution in [0.3, 0.4) is 0 Å². The summed E-state index contributed by atoms with van der Waals surface area (Å²) in [5.74, 6) is -1.81. The van der Waals surface area contributed by atoms with Crippen LogP contribution in [0.5, 0.6) is 0 Å². The number of carboxylic acid groups (broad SMARTS) is 1. The number of aliphatic carboxylic acids is 1. The van der Waals surface area contributed by atoms with Crippen LogP contribution in [0.15, 0.2) is 24.3 Å². The molecule has 0 bridgehead atoms. The number of carbonyl (C=O) groups is 2. The largest absolute Gasteiger partial charge is 0.481 e. The lowest BCUT2D eigenvalue weighted by atomic mass is 10.1. The fourth-order valence-electron chi connectivity index (χ4n) is 1.75. The summed E-state index contributed by atoms with van der Waals surface area (Å²) in [6, 6.07) is 8.46. The molecule has 1 N–H and O–H groups in total. The van der Waals surface area contributed by atoms with E-state index in [1.807, 2.05) is 6.07 Å². The molecule has 1 saturated heterocycles. The van der Waals surface area contributed by atoms with Gasteiger partial charge < -0.3 is 9.84 Å². The summed E-state index contributed by atoms with van der Waals surface area (Å²) in [7, 11) is 0. The topological polar surface area (TPSA) is 90.6 Å². The van der Waals surface area contributed by atoms with E-state index in [-0.39, 0.29) is 13.2 Å². The highest BCUT2D eigenvalue weighted by molar-refractivity contribution is 5.91. The maximum Gasteiger partial charge on any atom is 0.414 e. The standard InChI is InChI=1S/C12H10N2O4/c13-5-8-3-1-2-4-10(8)14-6-9(11(15)16)7-18-12(14)17/h1-4,9H,6-7H2,(H,15,16). The Balaban J connectivity index is 2.33. The number of ether oxygens (including phenoxy) is 1. The smallest absolute Gasteiger partial charge is 0.414 e. The number of carbonyl (C=O) groups excluding carboxylic acids is 1. The number of benzene rings is 1. The quantitative estimate of drug-likeness (QED) is 0.847. The molecule has 1 heterocycles. The molecule has 18 heavy (non-hydrogen) atoms. The van der Waals surface area contributed by atoms with E-state index in [0.29, 0.717) is 11.3 Å². The molecule has 6 heteroatoms. The Morgan fingerprint density at radius 1 is 1.50 bits per heavy atom. The number of cyclic esters (lactones) is 1. The molecule has 0 saturated carbocycles. The zero-order valence-corrected chi connectivity index (χ0v) is 9.37. The molecule has 1 unspecified atom stereocenters. The number of nitriles is 1. The third kappa shape index (κ3) is 2.11. The van der Waals surface area contributed by atoms with Gasteiger partial charge in [-0.05, 0) is 12.1 Å². The highest BCUT2D eigenvalue weighted by Gasteiger charge is 2.33. The van der Waals surface area contributed by atoms with Crippen molar-refractivity contribution in [3.05, 3.63) is 29.8 Å². The fraction of sp³-hybridized carbons (Fsp3) is 0.250. The van der Waals surface area contributed by atoms with Gasteiger partial charge in [0.25, 0.3) is 0 Å². The number of carboxylic acids is 1. The molecular weight excluding hydrogens is 236 g/mol. The van der Waals surface area contributed by atoms with Gasteiger partial charge in [-0.25, -0.2) is 4.79 Å². The van der Waals surface area contributed by atoms with Crippen molar-refractivity contribution in [3.63, 3.8) is 0 Å². The van der Waals surface area contributed by atoms with Crippen LogP contribution in [-0.4, -0.2) is 30.3 Å². The van der Waals surface area contributed by atoms with Crippen LogP contribution in [0.4, 0.5) is 10.5 Å². The van der Waals surface area contributed by atoms with Crippen LogP contribution in [0.25, 0.3) is 0 Å². The first kappa shape index (κ1) is 11.9. The average molecular weight is 246 g/mol. The van der Waals surface area contributed by atoms with E-state index in [0.717, 1.165) is 0 Å². The highest BCUT2D eigenvalue weighted by atomic mass is 16.6. The highest BCUT2D eigenvalue weighted by Crippen LogP contribution is 2.24. The normalized spacial score (nSPS) is 18.9. The number of anilines is 1. The molecule has 1 atom stereocenters. The van der Waals surface area contributed by atoms with Gasteiger partial charge in [0, 0.05) is 6.54 Å². The molecule has 0 radical (unpaired) electrons. The molecule has 1 aromatic carbocycles. The van der Waals surface area contributed by atoms with E-state index < -0.39 is 18.0 Å². The first-order valence-corrected chi connectivity index (χ1v) is 5.29. The molecule has 0 aliphatic carbocycles. The van der Waals surface area contributed by atoms with E-state index in [9.17, 15) is 9.59 Å². The Bertz CT molecular complexity index is 535. The average Bonchev–Trinajstić information content (AvgIpc) is 2.39. The molecule has 1 aliphatic heterocycles. The fourth-order valence-corrected chi connectivity index (χ4v) is 1.75. The van der Waals surface area contributed by atoms with E-state index in [2.05, 4.69) is 0 Å². The Hall–Kier alpha value is -2.55. The number of hydrogen-bond donors (Lipinski definition) is 1. The first-order valence-electron chi connectivity index (χ1n) is 5.29. The lowest BCUT2D eigenvalue weighted by Crippen LogP contribution is -2.46. The molecule has 0 aromatic heterocycles. The summed E-state index contributed by atoms with van der Waals surface area (Å²) in [5.41, 5.74) is 0.677. The van der Waals surface area contributed by atoms with E-state index in [1.165, 1.54) is 4.90 Å². The van der Waals surface area contributed by atoms with Crippen LogP contribution in [-0.2, 0) is 9.53 Å². The van der Waals surface area contributed by atoms with Crippen molar-refractivity contribution in [2.75, 3.05) is 18.1 Å². The summed E-state index contributed by atoms with van der Waals surface area (Å²) in [6.45, 7) is -0.133. The maximum atomic E-state index is 11.6. The number of hydrogen-bond acceptors (Lipinski definition) is 4. The van der Waals surface area contributed by atoms with Crippen LogP contribution in [0.1, 0.15) is 5.56 Å². The van der Waals surface area contributed by atoms with Gasteiger partial charge in [-0.1, -0.05) is 12.1 Å². The summed E-state index contributed by atoms with van der Waals surface area (Å²) >= 11 is 0. The van der Waals surface area contributed by atoms with Crippen molar-refractivity contribution in [3.8, 4) is 6.07 Å². The molecule has 2 rings (SSSR count). The summed E-state index contributed by atoms with van der Waals surface area (Å²) in [5, 5.41) is 17.9. The van der Waals surface area contributed by atoms with Crippen LogP contribution in [0, 0.1) is 17.2 Å². The van der Waals surface area contributed by atoms with Gasteiger partial charge >= 0.3 is 12.1 Å². The predicted octanol–water partition coefficient (Wildman–Crippen LogP) is 1.22. The summed E-state index contributed by atoms with van der Waals surface area (Å²) in [6.07, 6.45) is -0.629. The number of para-hydroxylation sites is 1. The third-order valence-electron chi connectivity index (χ3n) is 2.70. The molecule has 92 valence electrons. The Kier molecular flexibility index (Phi) is 3.15. The number of nitrogens with zero attached hydrogens (tertiary/aromatic N) is 2. The minimum Gasteiger partial charge on any atom is -0.481 e. The number of rotatable bonds is 2. The second kappa shape index (κ2) is 4.75. The third-order valence-corrected chi connectivity index (χ3v) is 2.70. The summed E-state index contributed by atoms with van der Waals surface area (Å²) in [4.78, 5) is 23.7. The van der Waals surface area contributed by atoms with Crippen molar-refractivity contribution in [2.45, 2.75) is 0 Å². The van der Waals surface area contributed by atoms with Crippen molar-refractivity contribution >= 4 is 17.7 Å². The zero-order chi connectivity index (χ0) is 13.1. The Morgan fingerprint density at radius 3 is 2.89 bits per heavy atom. The SMILES string of the molecule is N#Cc1ccccc1N1CC(C(=O)O)COC1=O. The Morgan fingerprint density at radius 2 is 2.22 bits per heavy atom. The minimum atomic E-state index is -1.03. The van der Waals surface area contributed by atoms with Crippen LogP contribution >= 0.6 is 0 Å². The molecule has 1 amide bonds. The summed E-state index contributed by atoms with van der Waals surface area (Å²) < 4.78 is 4.82. The Labute approximate surface area is 103 Å². The zero-order valence-electron chi connectivity index (χ0n) is 9.37. The van der Waals surface area contributed by atoms with Gasteiger partial charge in [0.05, 0.1) is 11.3 Å². The molecular formula is C12H10N2O4. The molecule has 0 spiro atoms. The van der Waals surface area contributed by atoms with Gasteiger partial charge in [0.2, 0.25) is 0 Å². The van der Waals surface area contributed by atoms with Gasteiger partial charge in [-0.3, -0.25) is 9.69 Å². The second-order valence-corrected chi connectivity index (χ2v) is 3.85. The molecule has 1 fully saturated rings. The van der Waals surface area contributed by atoms with Crippen molar-refractivity contribution in [1.29, 1.82) is 5.26 Å². The van der Waals surface area contributed by atoms with Gasteiger partial charge in [-0.2, -0.15) is 5.26 Å². The van der Waals surface area contributed by atoms with E-state index in [4.69, 9.17) is 15.1 Å². The van der Waals surface area contributed by atoms with Crippen LogP contribution < -0.4 is 4.90 Å². The second-order valence-electron chi connectivity index (χ2n) is 3.85. The van der Waals surface area contributed by atoms with Gasteiger partial charge in [0.15, 0.2) is 0 Å². The molecule has 1 aromatic rings. The van der Waals surface area contributed by atoms with Crippen molar-refractivity contribution in [1.82, 2.24) is 0 Å². The first-order chi connectivity index (χ1) is 8.63. The predicted molar refractivity (Wildman–Crippen MR) is 61.0 cm³/mol. The van der Waals surface area contributed by atoms with E-state index in [1.54, 1.807) is 24.3 Å². The monoisotopic (exact) mass is 246 g/mol. The van der Waals surface area contributed by atoms with Gasteiger partial charge in [0.1, 0.15) is 18.6 Å². The van der Waals surface area contributed by atoms with Gasteiger partial charge in [-0.15, -0.1) is 0 Å². The molecule has 6 nitrogen and oxygen atoms in total.